The fourth-order valence-electron chi connectivity index (χ4n) is 3.57. The van der Waals surface area contributed by atoms with Gasteiger partial charge in [0.05, 0.1) is 27.9 Å². The summed E-state index contributed by atoms with van der Waals surface area (Å²) in [4.78, 5) is 9.90. The predicted molar refractivity (Wildman–Crippen MR) is 119 cm³/mol. The van der Waals surface area contributed by atoms with Crippen molar-refractivity contribution in [3.8, 4) is 21.7 Å². The van der Waals surface area contributed by atoms with Crippen molar-refractivity contribution in [3.05, 3.63) is 53.6 Å². The van der Waals surface area contributed by atoms with Gasteiger partial charge in [0.25, 0.3) is 0 Å². The van der Waals surface area contributed by atoms with Crippen molar-refractivity contribution in [2.45, 2.75) is 38.5 Å². The number of hydrogen-bond donors (Lipinski definition) is 2. The molecule has 0 spiro atoms. The predicted octanol–water partition coefficient (Wildman–Crippen LogP) is 5.02. The SMILES string of the molecule is CCCOC(O)Nc1cccc(-c2nc(C3CCOCC3)sc2-c2ccncc2)c1F. The zero-order valence-corrected chi connectivity index (χ0v) is 18.2. The summed E-state index contributed by atoms with van der Waals surface area (Å²) in [7, 11) is 0. The maximum absolute atomic E-state index is 15.5. The molecule has 0 bridgehead atoms. The summed E-state index contributed by atoms with van der Waals surface area (Å²) in [6.07, 6.45) is 4.75. The monoisotopic (exact) mass is 443 g/mol. The van der Waals surface area contributed by atoms with E-state index in [0.29, 0.717) is 37.0 Å². The van der Waals surface area contributed by atoms with Crippen molar-refractivity contribution in [2.24, 2.45) is 0 Å². The van der Waals surface area contributed by atoms with Crippen LogP contribution in [0.3, 0.4) is 0 Å². The van der Waals surface area contributed by atoms with Crippen LogP contribution in [0.25, 0.3) is 21.7 Å². The molecule has 1 unspecified atom stereocenters. The molecular weight excluding hydrogens is 417 g/mol. The van der Waals surface area contributed by atoms with Gasteiger partial charge >= 0.3 is 0 Å². The number of thiazole rings is 1. The van der Waals surface area contributed by atoms with Gasteiger partial charge in [0.2, 0.25) is 6.41 Å². The lowest BCUT2D eigenvalue weighted by Gasteiger charge is -2.19. The highest BCUT2D eigenvalue weighted by molar-refractivity contribution is 7.15. The highest BCUT2D eigenvalue weighted by Gasteiger charge is 2.25. The van der Waals surface area contributed by atoms with Crippen LogP contribution in [0.4, 0.5) is 10.1 Å². The first-order chi connectivity index (χ1) is 15.2. The average molecular weight is 444 g/mol. The Morgan fingerprint density at radius 3 is 2.77 bits per heavy atom. The summed E-state index contributed by atoms with van der Waals surface area (Å²) >= 11 is 1.60. The van der Waals surface area contributed by atoms with E-state index in [9.17, 15) is 5.11 Å². The van der Waals surface area contributed by atoms with E-state index >= 15 is 4.39 Å². The molecule has 0 amide bonds. The third-order valence-electron chi connectivity index (χ3n) is 5.17. The molecule has 164 valence electrons. The Bertz CT molecular complexity index is 993. The van der Waals surface area contributed by atoms with Crippen LogP contribution in [0.15, 0.2) is 42.7 Å². The Labute approximate surface area is 185 Å². The number of rotatable bonds is 8. The maximum Gasteiger partial charge on any atom is 0.235 e. The van der Waals surface area contributed by atoms with Crippen LogP contribution in [0.1, 0.15) is 37.1 Å². The second-order valence-electron chi connectivity index (χ2n) is 7.39. The number of benzene rings is 1. The normalized spacial score (nSPS) is 15.7. The summed E-state index contributed by atoms with van der Waals surface area (Å²) in [5.74, 6) is -0.164. The molecule has 1 aliphatic rings. The number of nitrogens with one attached hydrogen (secondary N) is 1. The number of ether oxygens (including phenoxy) is 2. The fraction of sp³-hybridized carbons (Fsp3) is 0.391. The van der Waals surface area contributed by atoms with E-state index in [1.165, 1.54) is 0 Å². The Morgan fingerprint density at radius 2 is 2.03 bits per heavy atom. The molecule has 0 radical (unpaired) electrons. The highest BCUT2D eigenvalue weighted by atomic mass is 32.1. The van der Waals surface area contributed by atoms with E-state index < -0.39 is 12.2 Å². The molecule has 2 N–H and O–H groups in total. The summed E-state index contributed by atoms with van der Waals surface area (Å²) in [6, 6.07) is 8.86. The summed E-state index contributed by atoms with van der Waals surface area (Å²) < 4.78 is 26.2. The lowest BCUT2D eigenvalue weighted by molar-refractivity contribution is -0.0779. The van der Waals surface area contributed by atoms with Gasteiger partial charge in [-0.05, 0) is 49.1 Å². The second-order valence-corrected chi connectivity index (χ2v) is 8.42. The number of anilines is 1. The van der Waals surface area contributed by atoms with Crippen LogP contribution < -0.4 is 5.32 Å². The first-order valence-corrected chi connectivity index (χ1v) is 11.3. The molecule has 1 fully saturated rings. The fourth-order valence-corrected chi connectivity index (χ4v) is 4.82. The third-order valence-corrected chi connectivity index (χ3v) is 6.44. The van der Waals surface area contributed by atoms with Crippen LogP contribution in [-0.2, 0) is 9.47 Å². The Kier molecular flexibility index (Phi) is 7.24. The number of pyridine rings is 1. The van der Waals surface area contributed by atoms with Crippen molar-refractivity contribution >= 4 is 17.0 Å². The zero-order valence-electron chi connectivity index (χ0n) is 17.4. The molecule has 1 saturated heterocycles. The number of aromatic nitrogens is 2. The molecule has 1 atom stereocenters. The molecule has 0 aliphatic carbocycles. The van der Waals surface area contributed by atoms with Gasteiger partial charge in [-0.1, -0.05) is 13.0 Å². The smallest absolute Gasteiger partial charge is 0.235 e. The summed E-state index contributed by atoms with van der Waals surface area (Å²) in [5, 5.41) is 13.7. The van der Waals surface area contributed by atoms with Crippen LogP contribution in [0, 0.1) is 5.82 Å². The molecular formula is C23H26FN3O3S. The quantitative estimate of drug-likeness (QED) is 0.476. The molecule has 6 nitrogen and oxygen atoms in total. The Balaban J connectivity index is 1.72. The van der Waals surface area contributed by atoms with Crippen molar-refractivity contribution in [1.29, 1.82) is 0 Å². The average Bonchev–Trinajstić information content (AvgIpc) is 3.25. The van der Waals surface area contributed by atoms with Gasteiger partial charge < -0.3 is 19.9 Å². The van der Waals surface area contributed by atoms with Crippen molar-refractivity contribution in [3.63, 3.8) is 0 Å². The van der Waals surface area contributed by atoms with Crippen LogP contribution in [-0.4, -0.2) is 41.3 Å². The molecule has 3 heterocycles. The third kappa shape index (κ3) is 5.10. The topological polar surface area (TPSA) is 76.5 Å². The van der Waals surface area contributed by atoms with Crippen molar-refractivity contribution < 1.29 is 19.0 Å². The second kappa shape index (κ2) is 10.3. The molecule has 1 aliphatic heterocycles. The number of aliphatic hydroxyl groups excluding tert-OH is 1. The maximum atomic E-state index is 15.5. The van der Waals surface area contributed by atoms with Crippen LogP contribution in [0.2, 0.25) is 0 Å². The number of aliphatic hydroxyl groups is 1. The van der Waals surface area contributed by atoms with Gasteiger partial charge in [0.1, 0.15) is 0 Å². The first kappa shape index (κ1) is 21.8. The van der Waals surface area contributed by atoms with Gasteiger partial charge in [-0.15, -0.1) is 11.3 Å². The van der Waals surface area contributed by atoms with E-state index in [4.69, 9.17) is 14.5 Å². The number of nitrogens with zero attached hydrogens (tertiary/aromatic N) is 2. The first-order valence-electron chi connectivity index (χ1n) is 10.5. The molecule has 1 aromatic carbocycles. The lowest BCUT2D eigenvalue weighted by Crippen LogP contribution is -2.23. The van der Waals surface area contributed by atoms with E-state index in [2.05, 4.69) is 10.3 Å². The Hall–Kier alpha value is -2.39. The number of halogens is 1. The van der Waals surface area contributed by atoms with E-state index in [-0.39, 0.29) is 5.69 Å². The molecule has 0 saturated carbocycles. The van der Waals surface area contributed by atoms with Gasteiger partial charge in [-0.3, -0.25) is 4.98 Å². The van der Waals surface area contributed by atoms with E-state index in [1.54, 1.807) is 41.9 Å². The van der Waals surface area contributed by atoms with Crippen LogP contribution in [0.5, 0.6) is 0 Å². The molecule has 2 aromatic heterocycles. The van der Waals surface area contributed by atoms with Gasteiger partial charge in [-0.25, -0.2) is 9.37 Å². The van der Waals surface area contributed by atoms with E-state index in [0.717, 1.165) is 34.7 Å². The standard InChI is InChI=1S/C23H26FN3O3S/c1-2-12-30-23(28)26-18-5-3-4-17(19(18)24)20-21(15-6-10-25-11-7-15)31-22(27-20)16-8-13-29-14-9-16/h3-7,10-11,16,23,26,28H,2,8-9,12-14H2,1H3. The molecule has 3 aromatic rings. The summed E-state index contributed by atoms with van der Waals surface area (Å²) in [6.45, 7) is 3.75. The van der Waals surface area contributed by atoms with Gasteiger partial charge in [0.15, 0.2) is 5.82 Å². The van der Waals surface area contributed by atoms with Gasteiger partial charge in [0, 0.05) is 37.1 Å². The largest absolute Gasteiger partial charge is 0.381 e. The minimum absolute atomic E-state index is 0.169. The molecule has 8 heteroatoms. The van der Waals surface area contributed by atoms with Crippen LogP contribution >= 0.6 is 11.3 Å². The Morgan fingerprint density at radius 1 is 1.26 bits per heavy atom. The minimum atomic E-state index is -1.28. The minimum Gasteiger partial charge on any atom is -0.381 e. The van der Waals surface area contributed by atoms with Crippen molar-refractivity contribution in [1.82, 2.24) is 9.97 Å². The van der Waals surface area contributed by atoms with Crippen molar-refractivity contribution in [2.75, 3.05) is 25.1 Å². The molecule has 31 heavy (non-hydrogen) atoms. The van der Waals surface area contributed by atoms with E-state index in [1.807, 2.05) is 19.1 Å². The highest BCUT2D eigenvalue weighted by Crippen LogP contribution is 2.42. The zero-order chi connectivity index (χ0) is 21.6. The number of hydrogen-bond acceptors (Lipinski definition) is 7. The molecule has 4 rings (SSSR count). The lowest BCUT2D eigenvalue weighted by atomic mass is 10.0. The van der Waals surface area contributed by atoms with Gasteiger partial charge in [-0.2, -0.15) is 0 Å². The summed E-state index contributed by atoms with van der Waals surface area (Å²) in [5.41, 5.74) is 2.10.